The summed E-state index contributed by atoms with van der Waals surface area (Å²) in [7, 11) is -3.95. The fourth-order valence-corrected chi connectivity index (χ4v) is 5.02. The third-order valence-corrected chi connectivity index (χ3v) is 7.22. The number of furan rings is 1. The van der Waals surface area contributed by atoms with Gasteiger partial charge >= 0.3 is 0 Å². The van der Waals surface area contributed by atoms with Gasteiger partial charge in [-0.3, -0.25) is 9.69 Å². The lowest BCUT2D eigenvalue weighted by molar-refractivity contribution is 0.0374. The number of halogens is 1. The third kappa shape index (κ3) is 5.65. The Kier molecular flexibility index (Phi) is 7.64. The van der Waals surface area contributed by atoms with Crippen LogP contribution in [-0.2, 0) is 21.2 Å². The van der Waals surface area contributed by atoms with Crippen molar-refractivity contribution in [3.63, 3.8) is 0 Å². The summed E-state index contributed by atoms with van der Waals surface area (Å²) in [6.07, 6.45) is 2.73. The molecule has 2 aliphatic rings. The highest BCUT2D eigenvalue weighted by molar-refractivity contribution is 7.89. The molecule has 34 heavy (non-hydrogen) atoms. The van der Waals surface area contributed by atoms with Crippen molar-refractivity contribution in [2.24, 2.45) is 5.10 Å². The summed E-state index contributed by atoms with van der Waals surface area (Å²) in [6.45, 7) is 6.50. The molecular weight excluding hydrogens is 463 g/mol. The Labute approximate surface area is 198 Å². The minimum Gasteiger partial charge on any atom is -0.455 e. The number of hydrogen-bond donors (Lipinski definition) is 2. The van der Waals surface area contributed by atoms with Crippen molar-refractivity contribution in [2.45, 2.75) is 37.5 Å². The Balaban J connectivity index is 1.41. The minimum atomic E-state index is -3.95. The third-order valence-electron chi connectivity index (χ3n) is 6.00. The van der Waals surface area contributed by atoms with Crippen molar-refractivity contribution < 1.29 is 26.8 Å². The van der Waals surface area contributed by atoms with Gasteiger partial charge in [0, 0.05) is 37.2 Å². The predicted molar refractivity (Wildman–Crippen MR) is 124 cm³/mol. The van der Waals surface area contributed by atoms with E-state index in [1.54, 1.807) is 6.92 Å². The van der Waals surface area contributed by atoms with Gasteiger partial charge in [0.2, 0.25) is 0 Å². The number of morpholine rings is 1. The van der Waals surface area contributed by atoms with Gasteiger partial charge in [0.25, 0.3) is 15.9 Å². The molecule has 1 saturated heterocycles. The van der Waals surface area contributed by atoms with E-state index >= 15 is 0 Å². The number of carbonyl (C=O) groups is 1. The first-order chi connectivity index (χ1) is 16.3. The first-order valence-corrected chi connectivity index (χ1v) is 12.9. The van der Waals surface area contributed by atoms with Crippen molar-refractivity contribution in [3.8, 4) is 0 Å². The molecule has 4 rings (SSSR count). The van der Waals surface area contributed by atoms with Crippen LogP contribution in [0.4, 0.5) is 4.39 Å². The van der Waals surface area contributed by atoms with Crippen molar-refractivity contribution in [1.82, 2.24) is 15.0 Å². The van der Waals surface area contributed by atoms with E-state index in [1.165, 1.54) is 12.1 Å². The summed E-state index contributed by atoms with van der Waals surface area (Å²) in [6, 6.07) is 4.50. The molecule has 0 bridgehead atoms. The number of nitrogens with one attached hydrogen (secondary N) is 2. The number of benzene rings is 1. The van der Waals surface area contributed by atoms with E-state index < -0.39 is 15.8 Å². The van der Waals surface area contributed by atoms with Crippen LogP contribution in [0.3, 0.4) is 0 Å². The Hall–Kier alpha value is -2.76. The van der Waals surface area contributed by atoms with Crippen molar-refractivity contribution in [2.75, 3.05) is 39.4 Å². The zero-order valence-electron chi connectivity index (χ0n) is 19.1. The molecular formula is C23H29FN4O5S. The molecule has 184 valence electrons. The predicted octanol–water partition coefficient (Wildman–Crippen LogP) is 2.20. The second kappa shape index (κ2) is 10.7. The molecule has 1 aliphatic carbocycles. The lowest BCUT2D eigenvalue weighted by Gasteiger charge is -2.26. The molecule has 0 atom stereocenters. The van der Waals surface area contributed by atoms with Crippen molar-refractivity contribution in [3.05, 3.63) is 52.7 Å². The molecule has 0 saturated carbocycles. The summed E-state index contributed by atoms with van der Waals surface area (Å²) in [5.74, 6) is 0.0394. The van der Waals surface area contributed by atoms with Crippen molar-refractivity contribution >= 4 is 21.6 Å². The van der Waals surface area contributed by atoms with Gasteiger partial charge in [-0.2, -0.15) is 18.4 Å². The van der Waals surface area contributed by atoms with Gasteiger partial charge in [0.05, 0.1) is 23.8 Å². The van der Waals surface area contributed by atoms with E-state index in [0.29, 0.717) is 42.0 Å². The fraction of sp³-hybridized carbons (Fsp3) is 0.478. The van der Waals surface area contributed by atoms with Crippen molar-refractivity contribution in [1.29, 1.82) is 0 Å². The molecule has 0 radical (unpaired) electrons. The zero-order chi connectivity index (χ0) is 24.1. The fourth-order valence-electron chi connectivity index (χ4n) is 4.19. The van der Waals surface area contributed by atoms with Gasteiger partial charge in [0.1, 0.15) is 11.6 Å². The van der Waals surface area contributed by atoms with Gasteiger partial charge in [-0.05, 0) is 57.0 Å². The van der Waals surface area contributed by atoms with E-state index in [9.17, 15) is 17.6 Å². The van der Waals surface area contributed by atoms with Crippen LogP contribution in [-0.4, -0.2) is 64.3 Å². The van der Waals surface area contributed by atoms with Gasteiger partial charge < -0.3 is 14.5 Å². The molecule has 0 unspecified atom stereocenters. The van der Waals surface area contributed by atoms with E-state index in [1.807, 2.05) is 0 Å². The first kappa shape index (κ1) is 24.4. The molecule has 2 N–H and O–H groups in total. The highest BCUT2D eigenvalue weighted by atomic mass is 32.2. The smallest absolute Gasteiger partial charge is 0.287 e. The average Bonchev–Trinajstić information content (AvgIpc) is 3.18. The number of nitrogens with zero attached hydrogens (tertiary/aromatic N) is 2. The number of amides is 1. The summed E-state index contributed by atoms with van der Waals surface area (Å²) < 4.78 is 49.4. The maximum atomic E-state index is 13.1. The number of sulfonamides is 1. The number of ether oxygens (including phenoxy) is 1. The quantitative estimate of drug-likeness (QED) is 0.432. The Morgan fingerprint density at radius 3 is 2.65 bits per heavy atom. The number of hydrogen-bond acceptors (Lipinski definition) is 7. The maximum Gasteiger partial charge on any atom is 0.287 e. The first-order valence-electron chi connectivity index (χ1n) is 11.4. The van der Waals surface area contributed by atoms with E-state index in [2.05, 4.69) is 20.1 Å². The van der Waals surface area contributed by atoms with Crippen LogP contribution in [0.5, 0.6) is 0 Å². The molecule has 1 aliphatic heterocycles. The Bertz CT molecular complexity index is 1150. The van der Waals surface area contributed by atoms with E-state index in [4.69, 9.17) is 9.15 Å². The van der Waals surface area contributed by atoms with Gasteiger partial charge in [0.15, 0.2) is 5.76 Å². The summed E-state index contributed by atoms with van der Waals surface area (Å²) in [5.41, 5.74) is 1.83. The van der Waals surface area contributed by atoms with Gasteiger partial charge in [-0.15, -0.1) is 0 Å². The highest BCUT2D eigenvalue weighted by Crippen LogP contribution is 2.30. The number of hydrazone groups is 1. The molecule has 2 heterocycles. The van der Waals surface area contributed by atoms with Crippen LogP contribution in [0.1, 0.15) is 46.7 Å². The molecule has 0 spiro atoms. The molecule has 2 aromatic rings. The van der Waals surface area contributed by atoms with Gasteiger partial charge in [-0.25, -0.2) is 4.39 Å². The maximum absolute atomic E-state index is 13.1. The zero-order valence-corrected chi connectivity index (χ0v) is 19.9. The normalized spacial score (nSPS) is 18.0. The molecule has 1 amide bonds. The standard InChI is InChI=1S/C23H29FN4O5S/c1-16-21-19(26-27-34(30,31)18-8-6-17(24)7-9-18)4-2-5-20(21)33-22(16)23(29)25-10-3-11-28-12-14-32-15-13-28/h6-9,27H,2-5,10-15H2,1H3,(H,25,29)/b26-19+. The molecule has 1 aromatic carbocycles. The van der Waals surface area contributed by atoms with Crippen LogP contribution >= 0.6 is 0 Å². The second-order valence-corrected chi connectivity index (χ2v) is 10.0. The summed E-state index contributed by atoms with van der Waals surface area (Å²) in [5, 5.41) is 7.05. The number of aryl methyl sites for hydroxylation is 1. The summed E-state index contributed by atoms with van der Waals surface area (Å²) in [4.78, 5) is 17.2. The number of carbonyl (C=O) groups excluding carboxylic acids is 1. The van der Waals surface area contributed by atoms with Crippen LogP contribution < -0.4 is 10.1 Å². The molecule has 1 fully saturated rings. The average molecular weight is 493 g/mol. The van der Waals surface area contributed by atoms with Crippen LogP contribution in [0, 0.1) is 12.7 Å². The molecule has 1 aromatic heterocycles. The lowest BCUT2D eigenvalue weighted by atomic mass is 9.93. The molecule has 11 heteroatoms. The van der Waals surface area contributed by atoms with Gasteiger partial charge in [-0.1, -0.05) is 0 Å². The number of rotatable bonds is 8. The minimum absolute atomic E-state index is 0.0876. The second-order valence-electron chi connectivity index (χ2n) is 8.38. The van der Waals surface area contributed by atoms with Crippen LogP contribution in [0.2, 0.25) is 0 Å². The largest absolute Gasteiger partial charge is 0.455 e. The van der Waals surface area contributed by atoms with Crippen LogP contribution in [0.15, 0.2) is 38.7 Å². The topological polar surface area (TPSA) is 113 Å². The van der Waals surface area contributed by atoms with Crippen LogP contribution in [0.25, 0.3) is 0 Å². The number of fused-ring (bicyclic) bond motifs is 1. The molecule has 9 nitrogen and oxygen atoms in total. The Morgan fingerprint density at radius 2 is 1.91 bits per heavy atom. The summed E-state index contributed by atoms with van der Waals surface area (Å²) >= 11 is 0. The monoisotopic (exact) mass is 492 g/mol. The lowest BCUT2D eigenvalue weighted by Crippen LogP contribution is -2.38. The Morgan fingerprint density at radius 1 is 1.18 bits per heavy atom. The SMILES string of the molecule is Cc1c(C(=O)NCCCN2CCOCC2)oc2c1/C(=N/NS(=O)(=O)c1ccc(F)cc1)CCC2. The highest BCUT2D eigenvalue weighted by Gasteiger charge is 2.28. The van der Waals surface area contributed by atoms with E-state index in [-0.39, 0.29) is 16.6 Å². The van der Waals surface area contributed by atoms with E-state index in [0.717, 1.165) is 57.8 Å².